The lowest BCUT2D eigenvalue weighted by atomic mass is 10.2. The summed E-state index contributed by atoms with van der Waals surface area (Å²) >= 11 is 0.522. The third-order valence-electron chi connectivity index (χ3n) is 4.15. The standard InChI is InChI=1S/C19H12F3N5O2S/c20-19(21,22)15-9-13-16(24-10-11-4-3-5-12(8-11)27(28)29)25-17(26-18(13)30-15)14-6-1-2-7-23-14/h1-9H,10H2,(H,24,25,26). The third-order valence-corrected chi connectivity index (χ3v) is 5.22. The number of nitro groups is 1. The van der Waals surface area contributed by atoms with Gasteiger partial charge in [0.05, 0.1) is 10.3 Å². The van der Waals surface area contributed by atoms with E-state index in [0.717, 1.165) is 6.07 Å². The normalized spacial score (nSPS) is 11.6. The molecule has 4 aromatic rings. The molecule has 4 rings (SSSR count). The van der Waals surface area contributed by atoms with E-state index in [2.05, 4.69) is 20.3 Å². The van der Waals surface area contributed by atoms with E-state index in [1.807, 2.05) is 0 Å². The molecule has 0 atom stereocenters. The predicted octanol–water partition coefficient (Wildman–Crippen LogP) is 5.29. The molecule has 30 heavy (non-hydrogen) atoms. The highest BCUT2D eigenvalue weighted by Crippen LogP contribution is 2.39. The molecule has 0 aliphatic heterocycles. The average molecular weight is 431 g/mol. The number of anilines is 1. The van der Waals surface area contributed by atoms with E-state index in [1.165, 1.54) is 24.4 Å². The molecule has 11 heteroatoms. The number of nitrogens with one attached hydrogen (secondary N) is 1. The van der Waals surface area contributed by atoms with Gasteiger partial charge in [-0.3, -0.25) is 15.1 Å². The maximum absolute atomic E-state index is 13.2. The largest absolute Gasteiger partial charge is 0.425 e. The molecule has 0 radical (unpaired) electrons. The van der Waals surface area contributed by atoms with Crippen molar-refractivity contribution in [3.8, 4) is 11.5 Å². The van der Waals surface area contributed by atoms with Gasteiger partial charge >= 0.3 is 6.18 Å². The summed E-state index contributed by atoms with van der Waals surface area (Å²) in [6, 6.07) is 12.0. The zero-order valence-electron chi connectivity index (χ0n) is 15.1. The summed E-state index contributed by atoms with van der Waals surface area (Å²) in [5.74, 6) is 0.374. The van der Waals surface area contributed by atoms with Crippen molar-refractivity contribution in [3.05, 3.63) is 75.3 Å². The van der Waals surface area contributed by atoms with Crippen LogP contribution in [0.2, 0.25) is 0 Å². The molecule has 0 bridgehead atoms. The van der Waals surface area contributed by atoms with Crippen LogP contribution in [-0.2, 0) is 12.7 Å². The van der Waals surface area contributed by atoms with Crippen molar-refractivity contribution in [2.45, 2.75) is 12.7 Å². The molecule has 3 aromatic heterocycles. The number of non-ortho nitro benzene ring substituents is 1. The van der Waals surface area contributed by atoms with E-state index in [-0.39, 0.29) is 34.1 Å². The van der Waals surface area contributed by atoms with Gasteiger partial charge in [-0.1, -0.05) is 18.2 Å². The Labute approximate surface area is 171 Å². The van der Waals surface area contributed by atoms with Crippen LogP contribution >= 0.6 is 11.3 Å². The molecule has 0 aliphatic rings. The number of rotatable bonds is 5. The van der Waals surface area contributed by atoms with Gasteiger partial charge in [0.1, 0.15) is 21.2 Å². The lowest BCUT2D eigenvalue weighted by molar-refractivity contribution is -0.384. The fourth-order valence-electron chi connectivity index (χ4n) is 2.77. The molecule has 0 saturated carbocycles. The van der Waals surface area contributed by atoms with E-state index in [0.29, 0.717) is 22.6 Å². The molecule has 0 fully saturated rings. The van der Waals surface area contributed by atoms with Gasteiger partial charge in [0.25, 0.3) is 5.69 Å². The summed E-state index contributed by atoms with van der Waals surface area (Å²) in [6.45, 7) is 0.132. The maximum Gasteiger partial charge on any atom is 0.425 e. The highest BCUT2D eigenvalue weighted by molar-refractivity contribution is 7.18. The lowest BCUT2D eigenvalue weighted by Crippen LogP contribution is -2.04. The quantitative estimate of drug-likeness (QED) is 0.341. The van der Waals surface area contributed by atoms with E-state index in [4.69, 9.17) is 0 Å². The molecule has 0 aliphatic carbocycles. The monoisotopic (exact) mass is 431 g/mol. The zero-order valence-corrected chi connectivity index (χ0v) is 15.9. The van der Waals surface area contributed by atoms with Crippen LogP contribution in [0.25, 0.3) is 21.7 Å². The Morgan fingerprint density at radius 3 is 2.63 bits per heavy atom. The van der Waals surface area contributed by atoms with Crippen molar-refractivity contribution < 1.29 is 18.1 Å². The molecule has 152 valence electrons. The fourth-order valence-corrected chi connectivity index (χ4v) is 3.67. The topological polar surface area (TPSA) is 93.8 Å². The van der Waals surface area contributed by atoms with Gasteiger partial charge in [-0.25, -0.2) is 9.97 Å². The molecular formula is C19H12F3N5O2S. The van der Waals surface area contributed by atoms with Gasteiger partial charge in [0, 0.05) is 24.9 Å². The van der Waals surface area contributed by atoms with Gasteiger partial charge in [-0.15, -0.1) is 11.3 Å². The van der Waals surface area contributed by atoms with Crippen molar-refractivity contribution in [2.24, 2.45) is 0 Å². The molecule has 0 spiro atoms. The highest BCUT2D eigenvalue weighted by atomic mass is 32.1. The Hall–Kier alpha value is -3.60. The highest BCUT2D eigenvalue weighted by Gasteiger charge is 2.33. The summed E-state index contributed by atoms with van der Waals surface area (Å²) in [5, 5.41) is 14.2. The van der Waals surface area contributed by atoms with Crippen LogP contribution in [0.5, 0.6) is 0 Å². The van der Waals surface area contributed by atoms with Crippen LogP contribution < -0.4 is 5.32 Å². The Morgan fingerprint density at radius 1 is 1.10 bits per heavy atom. The summed E-state index contributed by atoms with van der Waals surface area (Å²) < 4.78 is 39.7. The Balaban J connectivity index is 1.75. The Morgan fingerprint density at radius 2 is 1.93 bits per heavy atom. The molecule has 1 aromatic carbocycles. The Kier molecular flexibility index (Phi) is 5.04. The first-order valence-electron chi connectivity index (χ1n) is 8.58. The van der Waals surface area contributed by atoms with Gasteiger partial charge in [-0.2, -0.15) is 13.2 Å². The number of aromatic nitrogens is 3. The number of alkyl halides is 3. The number of fused-ring (bicyclic) bond motifs is 1. The molecule has 3 heterocycles. The van der Waals surface area contributed by atoms with E-state index >= 15 is 0 Å². The molecule has 0 saturated heterocycles. The van der Waals surface area contributed by atoms with Crippen LogP contribution in [-0.4, -0.2) is 19.9 Å². The SMILES string of the molecule is O=[N+]([O-])c1cccc(CNc2nc(-c3ccccn3)nc3sc(C(F)(F)F)cc23)c1. The van der Waals surface area contributed by atoms with Crippen LogP contribution in [0.3, 0.4) is 0 Å². The number of nitrogens with zero attached hydrogens (tertiary/aromatic N) is 4. The third kappa shape index (κ3) is 4.06. The summed E-state index contributed by atoms with van der Waals surface area (Å²) in [7, 11) is 0. The van der Waals surface area contributed by atoms with E-state index < -0.39 is 16.0 Å². The number of hydrogen-bond donors (Lipinski definition) is 1. The first-order valence-corrected chi connectivity index (χ1v) is 9.40. The number of benzene rings is 1. The molecule has 7 nitrogen and oxygen atoms in total. The van der Waals surface area contributed by atoms with Gasteiger partial charge in [-0.05, 0) is 23.8 Å². The number of halogens is 3. The van der Waals surface area contributed by atoms with Gasteiger partial charge in [0.15, 0.2) is 5.82 Å². The second kappa shape index (κ2) is 7.67. The van der Waals surface area contributed by atoms with Gasteiger partial charge in [0.2, 0.25) is 0 Å². The van der Waals surface area contributed by atoms with E-state index in [1.54, 1.807) is 24.3 Å². The number of hydrogen-bond acceptors (Lipinski definition) is 7. The van der Waals surface area contributed by atoms with E-state index in [9.17, 15) is 23.3 Å². The number of thiophene rings is 1. The minimum Gasteiger partial charge on any atom is -0.365 e. The van der Waals surface area contributed by atoms with Crippen LogP contribution in [0.15, 0.2) is 54.7 Å². The zero-order chi connectivity index (χ0) is 21.3. The molecule has 1 N–H and O–H groups in total. The van der Waals surface area contributed by atoms with Crippen LogP contribution in [0, 0.1) is 10.1 Å². The van der Waals surface area contributed by atoms with Crippen LogP contribution in [0.1, 0.15) is 10.4 Å². The van der Waals surface area contributed by atoms with Crippen LogP contribution in [0.4, 0.5) is 24.7 Å². The second-order valence-electron chi connectivity index (χ2n) is 6.22. The number of nitro benzene ring substituents is 1. The van der Waals surface area contributed by atoms with Crippen molar-refractivity contribution in [1.82, 2.24) is 15.0 Å². The first-order chi connectivity index (χ1) is 14.3. The second-order valence-corrected chi connectivity index (χ2v) is 7.25. The van der Waals surface area contributed by atoms with Crippen molar-refractivity contribution in [2.75, 3.05) is 5.32 Å². The summed E-state index contributed by atoms with van der Waals surface area (Å²) in [4.78, 5) is 22.6. The minimum absolute atomic E-state index is 0.0776. The first kappa shape index (κ1) is 19.7. The van der Waals surface area contributed by atoms with Crippen molar-refractivity contribution >= 4 is 33.1 Å². The lowest BCUT2D eigenvalue weighted by Gasteiger charge is -2.09. The Bertz CT molecular complexity index is 1230. The predicted molar refractivity (Wildman–Crippen MR) is 106 cm³/mol. The molecular weight excluding hydrogens is 419 g/mol. The molecule has 0 unspecified atom stereocenters. The summed E-state index contributed by atoms with van der Waals surface area (Å²) in [5.41, 5.74) is 0.924. The maximum atomic E-state index is 13.2. The van der Waals surface area contributed by atoms with Gasteiger partial charge < -0.3 is 5.32 Å². The average Bonchev–Trinajstić information content (AvgIpc) is 3.18. The number of pyridine rings is 1. The van der Waals surface area contributed by atoms with Crippen molar-refractivity contribution in [3.63, 3.8) is 0 Å². The van der Waals surface area contributed by atoms with Crippen molar-refractivity contribution in [1.29, 1.82) is 0 Å². The fraction of sp³-hybridized carbons (Fsp3) is 0.105. The summed E-state index contributed by atoms with van der Waals surface area (Å²) in [6.07, 6.45) is -2.97. The molecule has 0 amide bonds. The minimum atomic E-state index is -4.51. The smallest absolute Gasteiger partial charge is 0.365 e.